The Balaban J connectivity index is 1.99. The Kier molecular flexibility index (Phi) is 6.28. The van der Waals surface area contributed by atoms with E-state index < -0.39 is 51.1 Å². The predicted octanol–water partition coefficient (Wildman–Crippen LogP) is 4.01. The van der Waals surface area contributed by atoms with Gasteiger partial charge in [-0.05, 0) is 54.7 Å². The van der Waals surface area contributed by atoms with Crippen LogP contribution in [0.3, 0.4) is 0 Å². The van der Waals surface area contributed by atoms with E-state index in [0.717, 1.165) is 4.31 Å². The van der Waals surface area contributed by atoms with Gasteiger partial charge in [0.25, 0.3) is 0 Å². The smallest absolute Gasteiger partial charge is 0.416 e. The highest BCUT2D eigenvalue weighted by Crippen LogP contribution is 2.40. The quantitative estimate of drug-likeness (QED) is 0.658. The monoisotopic (exact) mass is 461 g/mol. The molecule has 1 N–H and O–H groups in total. The van der Waals surface area contributed by atoms with Crippen molar-refractivity contribution in [2.45, 2.75) is 36.4 Å². The van der Waals surface area contributed by atoms with Crippen LogP contribution in [-0.4, -0.2) is 37.5 Å². The fourth-order valence-electron chi connectivity index (χ4n) is 3.65. The molecule has 0 unspecified atom stereocenters. The second-order valence-electron chi connectivity index (χ2n) is 7.11. The molecule has 0 saturated carbocycles. The number of alkyl halides is 3. The van der Waals surface area contributed by atoms with Gasteiger partial charge in [-0.1, -0.05) is 12.1 Å². The number of benzene rings is 2. The van der Waals surface area contributed by atoms with Gasteiger partial charge in [-0.3, -0.25) is 0 Å². The van der Waals surface area contributed by atoms with Crippen LogP contribution in [0, 0.1) is 5.82 Å². The Hall–Kier alpha value is -2.66. The number of carbonyl (C=O) groups is 1. The number of halogens is 4. The summed E-state index contributed by atoms with van der Waals surface area (Å²) in [6, 6.07) is 5.27. The summed E-state index contributed by atoms with van der Waals surface area (Å²) < 4.78 is 85.2. The zero-order valence-electron chi connectivity index (χ0n) is 16.3. The maximum absolute atomic E-state index is 13.8. The lowest BCUT2D eigenvalue weighted by atomic mass is 9.87. The van der Waals surface area contributed by atoms with Gasteiger partial charge in [0.2, 0.25) is 10.0 Å². The van der Waals surface area contributed by atoms with Crippen LogP contribution in [-0.2, 0) is 27.4 Å². The number of fused-ring (bicyclic) bond motifs is 1. The first-order chi connectivity index (χ1) is 14.4. The lowest BCUT2D eigenvalue weighted by Crippen LogP contribution is -2.33. The Morgan fingerprint density at radius 1 is 1.26 bits per heavy atom. The van der Waals surface area contributed by atoms with Crippen LogP contribution in [0.5, 0.6) is 5.75 Å². The second kappa shape index (κ2) is 8.46. The molecule has 31 heavy (non-hydrogen) atoms. The van der Waals surface area contributed by atoms with Gasteiger partial charge in [0.1, 0.15) is 11.6 Å². The van der Waals surface area contributed by atoms with Crippen LogP contribution < -0.4 is 4.74 Å². The third kappa shape index (κ3) is 4.82. The van der Waals surface area contributed by atoms with Crippen molar-refractivity contribution in [3.05, 3.63) is 58.9 Å². The summed E-state index contributed by atoms with van der Waals surface area (Å²) in [5.74, 6) is -2.17. The van der Waals surface area contributed by atoms with E-state index in [9.17, 15) is 30.8 Å². The van der Waals surface area contributed by atoms with E-state index in [0.29, 0.717) is 48.3 Å². The van der Waals surface area contributed by atoms with E-state index in [-0.39, 0.29) is 6.07 Å². The van der Waals surface area contributed by atoms with E-state index in [2.05, 4.69) is 0 Å². The van der Waals surface area contributed by atoms with Gasteiger partial charge >= 0.3 is 12.1 Å². The molecule has 11 heteroatoms. The third-order valence-electron chi connectivity index (χ3n) is 5.10. The standard InChI is InChI=1S/C20H19F4NO5S/c1-25(31(28,29)14-9-12(20(22,23)24)8-13(21)10-14)17-6-2-5-16-15(17)4-3-7-18(16)30-11-19(26)27/h3-4,7-10,17H,2,5-6,11H2,1H3,(H,26,27)/t17-/m1/s1. The van der Waals surface area contributed by atoms with Crippen LogP contribution >= 0.6 is 0 Å². The first-order valence-corrected chi connectivity index (χ1v) is 10.7. The van der Waals surface area contributed by atoms with Crippen molar-refractivity contribution in [1.82, 2.24) is 4.31 Å². The first kappa shape index (κ1) is 23.0. The maximum Gasteiger partial charge on any atom is 0.416 e. The summed E-state index contributed by atoms with van der Waals surface area (Å²) in [4.78, 5) is 10.0. The van der Waals surface area contributed by atoms with Gasteiger partial charge in [-0.25, -0.2) is 17.6 Å². The number of sulfonamides is 1. The van der Waals surface area contributed by atoms with E-state index in [4.69, 9.17) is 9.84 Å². The number of hydrogen-bond acceptors (Lipinski definition) is 4. The van der Waals surface area contributed by atoms with Crippen LogP contribution in [0.2, 0.25) is 0 Å². The molecule has 0 heterocycles. The molecule has 3 rings (SSSR count). The number of aliphatic carboxylic acids is 1. The van der Waals surface area contributed by atoms with Crippen molar-refractivity contribution < 1.29 is 40.6 Å². The van der Waals surface area contributed by atoms with Crippen LogP contribution in [0.4, 0.5) is 17.6 Å². The van der Waals surface area contributed by atoms with E-state index >= 15 is 0 Å². The first-order valence-electron chi connectivity index (χ1n) is 9.23. The van der Waals surface area contributed by atoms with Gasteiger partial charge in [0, 0.05) is 7.05 Å². The van der Waals surface area contributed by atoms with E-state index in [1.807, 2.05) is 0 Å². The topological polar surface area (TPSA) is 83.9 Å². The average Bonchev–Trinajstić information content (AvgIpc) is 2.70. The molecule has 0 radical (unpaired) electrons. The minimum absolute atomic E-state index is 0.237. The highest BCUT2D eigenvalue weighted by atomic mass is 32.2. The molecule has 0 aromatic heterocycles. The minimum Gasteiger partial charge on any atom is -0.482 e. The van der Waals surface area contributed by atoms with Gasteiger partial charge < -0.3 is 9.84 Å². The fourth-order valence-corrected chi connectivity index (χ4v) is 5.08. The number of carboxylic acid groups (broad SMARTS) is 1. The van der Waals surface area contributed by atoms with Gasteiger partial charge in [0.15, 0.2) is 6.61 Å². The number of nitrogens with zero attached hydrogens (tertiary/aromatic N) is 1. The Bertz CT molecular complexity index is 1100. The molecule has 1 atom stereocenters. The minimum atomic E-state index is -4.90. The molecule has 2 aromatic carbocycles. The Labute approximate surface area is 176 Å². The zero-order chi connectivity index (χ0) is 23.0. The summed E-state index contributed by atoms with van der Waals surface area (Å²) in [5, 5.41) is 8.83. The Morgan fingerprint density at radius 3 is 2.61 bits per heavy atom. The molecular formula is C20H19F4NO5S. The summed E-state index contributed by atoms with van der Waals surface area (Å²) in [6.07, 6.45) is -3.46. The number of carboxylic acids is 1. The van der Waals surface area contributed by atoms with Gasteiger partial charge in [-0.2, -0.15) is 17.5 Å². The third-order valence-corrected chi connectivity index (χ3v) is 6.94. The molecule has 1 aliphatic rings. The molecule has 1 aliphatic carbocycles. The van der Waals surface area contributed by atoms with Crippen molar-refractivity contribution in [3.8, 4) is 5.75 Å². The molecule has 0 fully saturated rings. The number of ether oxygens (including phenoxy) is 1. The lowest BCUT2D eigenvalue weighted by Gasteiger charge is -2.33. The van der Waals surface area contributed by atoms with Crippen molar-refractivity contribution in [1.29, 1.82) is 0 Å². The zero-order valence-corrected chi connectivity index (χ0v) is 17.1. The van der Waals surface area contributed by atoms with Crippen LogP contribution in [0.1, 0.15) is 35.6 Å². The fraction of sp³-hybridized carbons (Fsp3) is 0.350. The molecule has 6 nitrogen and oxygen atoms in total. The van der Waals surface area contributed by atoms with Crippen molar-refractivity contribution in [3.63, 3.8) is 0 Å². The summed E-state index contributed by atoms with van der Waals surface area (Å²) >= 11 is 0. The molecule has 0 bridgehead atoms. The molecule has 0 amide bonds. The molecule has 168 valence electrons. The molecule has 0 spiro atoms. The SMILES string of the molecule is CN([C@@H]1CCCc2c(OCC(=O)O)cccc21)S(=O)(=O)c1cc(F)cc(C(F)(F)F)c1. The molecule has 2 aromatic rings. The normalized spacial score (nSPS) is 16.8. The van der Waals surface area contributed by atoms with Crippen molar-refractivity contribution in [2.75, 3.05) is 13.7 Å². The largest absolute Gasteiger partial charge is 0.482 e. The Morgan fingerprint density at radius 2 is 1.97 bits per heavy atom. The molecule has 0 saturated heterocycles. The van der Waals surface area contributed by atoms with Gasteiger partial charge in [0.05, 0.1) is 16.5 Å². The van der Waals surface area contributed by atoms with E-state index in [1.54, 1.807) is 18.2 Å². The van der Waals surface area contributed by atoms with Crippen LogP contribution in [0.15, 0.2) is 41.3 Å². The van der Waals surface area contributed by atoms with Crippen LogP contribution in [0.25, 0.3) is 0 Å². The summed E-state index contributed by atoms with van der Waals surface area (Å²) in [6.45, 7) is -0.571. The average molecular weight is 461 g/mol. The van der Waals surface area contributed by atoms with Crippen molar-refractivity contribution >= 4 is 16.0 Å². The molecular weight excluding hydrogens is 442 g/mol. The second-order valence-corrected chi connectivity index (χ2v) is 9.11. The number of hydrogen-bond donors (Lipinski definition) is 1. The predicted molar refractivity (Wildman–Crippen MR) is 102 cm³/mol. The highest BCUT2D eigenvalue weighted by molar-refractivity contribution is 7.89. The maximum atomic E-state index is 13.8. The van der Waals surface area contributed by atoms with E-state index in [1.165, 1.54) is 7.05 Å². The summed E-state index contributed by atoms with van der Waals surface area (Å²) in [7, 11) is -3.25. The number of rotatable bonds is 6. The van der Waals surface area contributed by atoms with Gasteiger partial charge in [-0.15, -0.1) is 0 Å². The van der Waals surface area contributed by atoms with Crippen molar-refractivity contribution in [2.24, 2.45) is 0 Å². The highest BCUT2D eigenvalue weighted by Gasteiger charge is 2.36. The summed E-state index contributed by atoms with van der Waals surface area (Å²) in [5.41, 5.74) is -0.196. The molecule has 0 aliphatic heterocycles. The lowest BCUT2D eigenvalue weighted by molar-refractivity contribution is -0.139.